The number of aryl methyl sites for hydroxylation is 1. The molecule has 0 amide bonds. The second-order valence-corrected chi connectivity index (χ2v) is 6.46. The van der Waals surface area contributed by atoms with Gasteiger partial charge in [-0.25, -0.2) is 4.79 Å². The Hall–Kier alpha value is -1.51. The van der Waals surface area contributed by atoms with Crippen LogP contribution in [0.3, 0.4) is 0 Å². The summed E-state index contributed by atoms with van der Waals surface area (Å²) in [6, 6.07) is 5.96. The Labute approximate surface area is 115 Å². The van der Waals surface area contributed by atoms with Crippen molar-refractivity contribution < 1.29 is 9.90 Å². The summed E-state index contributed by atoms with van der Waals surface area (Å²) in [7, 11) is 0. The fourth-order valence-electron chi connectivity index (χ4n) is 3.00. The minimum Gasteiger partial charge on any atom is -0.478 e. The topological polar surface area (TPSA) is 49.3 Å². The van der Waals surface area contributed by atoms with Crippen molar-refractivity contribution in [2.75, 3.05) is 5.32 Å². The van der Waals surface area contributed by atoms with Crippen LogP contribution >= 0.6 is 0 Å². The van der Waals surface area contributed by atoms with Crippen molar-refractivity contribution in [3.05, 3.63) is 29.3 Å². The number of hydrogen-bond acceptors (Lipinski definition) is 2. The Morgan fingerprint density at radius 1 is 1.42 bits per heavy atom. The summed E-state index contributed by atoms with van der Waals surface area (Å²) in [4.78, 5) is 11.3. The van der Waals surface area contributed by atoms with Gasteiger partial charge in [-0.3, -0.25) is 0 Å². The normalized spacial score (nSPS) is 21.9. The van der Waals surface area contributed by atoms with Gasteiger partial charge in [0.25, 0.3) is 0 Å². The van der Waals surface area contributed by atoms with Gasteiger partial charge in [0.1, 0.15) is 0 Å². The van der Waals surface area contributed by atoms with Crippen LogP contribution < -0.4 is 5.32 Å². The third kappa shape index (κ3) is 3.49. The first-order valence-electron chi connectivity index (χ1n) is 6.98. The zero-order chi connectivity index (χ0) is 14.0. The Bertz CT molecular complexity index is 480. The van der Waals surface area contributed by atoms with Crippen LogP contribution in [0.5, 0.6) is 0 Å². The molecule has 0 heterocycles. The van der Waals surface area contributed by atoms with Crippen molar-refractivity contribution in [2.45, 2.75) is 52.5 Å². The van der Waals surface area contributed by atoms with E-state index in [1.54, 1.807) is 6.07 Å². The molecule has 0 aromatic heterocycles. The molecule has 1 aromatic carbocycles. The Morgan fingerprint density at radius 3 is 2.79 bits per heavy atom. The van der Waals surface area contributed by atoms with E-state index in [1.807, 2.05) is 19.1 Å². The Kier molecular flexibility index (Phi) is 3.83. The minimum absolute atomic E-state index is 0.351. The van der Waals surface area contributed by atoms with Gasteiger partial charge < -0.3 is 10.4 Å². The molecule has 1 aliphatic rings. The zero-order valence-electron chi connectivity index (χ0n) is 12.0. The molecule has 19 heavy (non-hydrogen) atoms. The smallest absolute Gasteiger partial charge is 0.337 e. The fourth-order valence-corrected chi connectivity index (χ4v) is 3.00. The molecule has 1 saturated carbocycles. The minimum atomic E-state index is -0.860. The molecule has 1 unspecified atom stereocenters. The number of rotatable bonds is 3. The van der Waals surface area contributed by atoms with Crippen molar-refractivity contribution >= 4 is 11.7 Å². The van der Waals surface area contributed by atoms with Gasteiger partial charge in [-0.1, -0.05) is 31.9 Å². The summed E-state index contributed by atoms with van der Waals surface area (Å²) in [6.45, 7) is 6.49. The lowest BCUT2D eigenvalue weighted by Crippen LogP contribution is -2.32. The summed E-state index contributed by atoms with van der Waals surface area (Å²) < 4.78 is 0. The highest BCUT2D eigenvalue weighted by atomic mass is 16.4. The van der Waals surface area contributed by atoms with E-state index in [2.05, 4.69) is 19.2 Å². The molecular formula is C16H23NO2. The summed E-state index contributed by atoms with van der Waals surface area (Å²) in [5.41, 5.74) is 2.46. The SMILES string of the molecule is Cc1ccc(NC2CCCC(C)(C)C2)c(C(=O)O)c1. The van der Waals surface area contributed by atoms with Gasteiger partial charge in [0.05, 0.1) is 5.56 Å². The van der Waals surface area contributed by atoms with E-state index in [0.717, 1.165) is 24.1 Å². The van der Waals surface area contributed by atoms with Crippen LogP contribution in [-0.2, 0) is 0 Å². The van der Waals surface area contributed by atoms with Crippen molar-refractivity contribution in [2.24, 2.45) is 5.41 Å². The molecule has 104 valence electrons. The maximum absolute atomic E-state index is 11.3. The lowest BCUT2D eigenvalue weighted by atomic mass is 9.75. The van der Waals surface area contributed by atoms with Gasteiger partial charge in [0.2, 0.25) is 0 Å². The first-order valence-corrected chi connectivity index (χ1v) is 6.98. The number of aromatic carboxylic acids is 1. The summed E-state index contributed by atoms with van der Waals surface area (Å²) in [5.74, 6) is -0.860. The summed E-state index contributed by atoms with van der Waals surface area (Å²) in [5, 5.41) is 12.7. The van der Waals surface area contributed by atoms with Crippen molar-refractivity contribution in [1.29, 1.82) is 0 Å². The maximum Gasteiger partial charge on any atom is 0.337 e. The molecule has 0 aliphatic heterocycles. The van der Waals surface area contributed by atoms with Crippen LogP contribution in [0, 0.1) is 12.3 Å². The molecule has 0 saturated heterocycles. The predicted octanol–water partition coefficient (Wildman–Crippen LogP) is 4.07. The summed E-state index contributed by atoms with van der Waals surface area (Å²) in [6.07, 6.45) is 4.68. The molecule has 0 bridgehead atoms. The lowest BCUT2D eigenvalue weighted by molar-refractivity contribution is 0.0697. The zero-order valence-corrected chi connectivity index (χ0v) is 12.0. The van der Waals surface area contributed by atoms with E-state index in [4.69, 9.17) is 0 Å². The number of carboxylic acid groups (broad SMARTS) is 1. The van der Waals surface area contributed by atoms with Gasteiger partial charge in [-0.2, -0.15) is 0 Å². The monoisotopic (exact) mass is 261 g/mol. The van der Waals surface area contributed by atoms with Gasteiger partial charge in [0.15, 0.2) is 0 Å². The Balaban J connectivity index is 2.17. The van der Waals surface area contributed by atoms with E-state index < -0.39 is 5.97 Å². The summed E-state index contributed by atoms with van der Waals surface area (Å²) >= 11 is 0. The molecule has 0 radical (unpaired) electrons. The molecule has 2 rings (SSSR count). The lowest BCUT2D eigenvalue weighted by Gasteiger charge is -2.36. The van der Waals surface area contributed by atoms with E-state index >= 15 is 0 Å². The van der Waals surface area contributed by atoms with E-state index in [1.165, 1.54) is 12.8 Å². The van der Waals surface area contributed by atoms with Crippen molar-refractivity contribution in [3.63, 3.8) is 0 Å². The van der Waals surface area contributed by atoms with Crippen LogP contribution in [0.15, 0.2) is 18.2 Å². The van der Waals surface area contributed by atoms with Crippen molar-refractivity contribution in [3.8, 4) is 0 Å². The molecule has 0 spiro atoms. The van der Waals surface area contributed by atoms with Gasteiger partial charge in [0, 0.05) is 11.7 Å². The fraction of sp³-hybridized carbons (Fsp3) is 0.562. The van der Waals surface area contributed by atoms with Crippen LogP contribution in [0.4, 0.5) is 5.69 Å². The maximum atomic E-state index is 11.3. The molecule has 2 N–H and O–H groups in total. The predicted molar refractivity (Wildman–Crippen MR) is 77.8 cm³/mol. The number of anilines is 1. The molecule has 3 nitrogen and oxygen atoms in total. The van der Waals surface area contributed by atoms with Gasteiger partial charge in [-0.05, 0) is 43.7 Å². The standard InChI is InChI=1S/C16H23NO2/c1-11-6-7-14(13(9-11)15(18)19)17-12-5-4-8-16(2,3)10-12/h6-7,9,12,17H,4-5,8,10H2,1-3H3,(H,18,19). The first kappa shape index (κ1) is 13.9. The average Bonchev–Trinajstić information content (AvgIpc) is 2.30. The number of carboxylic acids is 1. The van der Waals surface area contributed by atoms with Crippen LogP contribution in [0.1, 0.15) is 55.5 Å². The molecular weight excluding hydrogens is 238 g/mol. The molecule has 1 aromatic rings. The number of hydrogen-bond donors (Lipinski definition) is 2. The van der Waals surface area contributed by atoms with Gasteiger partial charge >= 0.3 is 5.97 Å². The highest BCUT2D eigenvalue weighted by Gasteiger charge is 2.28. The largest absolute Gasteiger partial charge is 0.478 e. The molecule has 1 fully saturated rings. The van der Waals surface area contributed by atoms with Gasteiger partial charge in [-0.15, -0.1) is 0 Å². The molecule has 3 heteroatoms. The average molecular weight is 261 g/mol. The number of benzene rings is 1. The third-order valence-corrected chi connectivity index (χ3v) is 3.97. The highest BCUT2D eigenvalue weighted by Crippen LogP contribution is 2.36. The number of nitrogens with one attached hydrogen (secondary N) is 1. The van der Waals surface area contributed by atoms with Crippen LogP contribution in [0.25, 0.3) is 0 Å². The molecule has 1 aliphatic carbocycles. The number of carbonyl (C=O) groups is 1. The van der Waals surface area contributed by atoms with Crippen LogP contribution in [0.2, 0.25) is 0 Å². The second-order valence-electron chi connectivity index (χ2n) is 6.46. The van der Waals surface area contributed by atoms with E-state index in [0.29, 0.717) is 17.0 Å². The van der Waals surface area contributed by atoms with Crippen LogP contribution in [-0.4, -0.2) is 17.1 Å². The Morgan fingerprint density at radius 2 is 2.16 bits per heavy atom. The van der Waals surface area contributed by atoms with Crippen molar-refractivity contribution in [1.82, 2.24) is 0 Å². The highest BCUT2D eigenvalue weighted by molar-refractivity contribution is 5.94. The molecule has 1 atom stereocenters. The third-order valence-electron chi connectivity index (χ3n) is 3.97. The van der Waals surface area contributed by atoms with E-state index in [9.17, 15) is 9.90 Å². The first-order chi connectivity index (χ1) is 8.87. The quantitative estimate of drug-likeness (QED) is 0.862. The van der Waals surface area contributed by atoms with E-state index in [-0.39, 0.29) is 0 Å². The second kappa shape index (κ2) is 5.24.